The number of nitrogens with zero attached hydrogens (tertiary/aromatic N) is 2. The molecular formula is C19H17Cl2N3O3. The van der Waals surface area contributed by atoms with Gasteiger partial charge in [-0.2, -0.15) is 0 Å². The molecule has 0 saturated heterocycles. The van der Waals surface area contributed by atoms with Crippen molar-refractivity contribution in [3.63, 3.8) is 0 Å². The molecule has 0 spiro atoms. The number of carbonyl (C=O) groups is 2. The number of aryl methyl sites for hydroxylation is 1. The number of rotatable bonds is 5. The van der Waals surface area contributed by atoms with Crippen LogP contribution in [-0.4, -0.2) is 26.3 Å². The van der Waals surface area contributed by atoms with Gasteiger partial charge in [0.2, 0.25) is 5.28 Å². The highest BCUT2D eigenvalue weighted by atomic mass is 35.5. The Bertz CT molecular complexity index is 1020. The Morgan fingerprint density at radius 2 is 1.85 bits per heavy atom. The first-order valence-electron chi connectivity index (χ1n) is 8.16. The lowest BCUT2D eigenvalue weighted by molar-refractivity contribution is 0.0459. The molecule has 0 bridgehead atoms. The summed E-state index contributed by atoms with van der Waals surface area (Å²) in [6.45, 7) is 4.77. The molecule has 3 aromatic rings. The predicted octanol–water partition coefficient (Wildman–Crippen LogP) is 4.68. The molecular weight excluding hydrogens is 389 g/mol. The third-order valence-electron chi connectivity index (χ3n) is 4.23. The topological polar surface area (TPSA) is 77.0 Å². The minimum absolute atomic E-state index is 0.114. The van der Waals surface area contributed by atoms with Gasteiger partial charge >= 0.3 is 5.97 Å². The van der Waals surface area contributed by atoms with Crippen LogP contribution in [0, 0.1) is 13.8 Å². The Morgan fingerprint density at radius 3 is 2.44 bits per heavy atom. The molecule has 0 atom stereocenters. The van der Waals surface area contributed by atoms with E-state index in [0.29, 0.717) is 22.5 Å². The van der Waals surface area contributed by atoms with Crippen LogP contribution in [0.25, 0.3) is 5.69 Å². The summed E-state index contributed by atoms with van der Waals surface area (Å²) in [5, 5.41) is 0.323. The standard InChI is InChI=1S/C19H17Cl2N3O3/c1-10-15(12(3)25)11(2)22-16(10)18(26)27-9-14-17(20)23-19(21)24(14)13-7-5-4-6-8-13/h4-8,22H,9H2,1-3H3. The second-order valence-electron chi connectivity index (χ2n) is 6.05. The highest BCUT2D eigenvalue weighted by molar-refractivity contribution is 6.33. The summed E-state index contributed by atoms with van der Waals surface area (Å²) >= 11 is 12.4. The van der Waals surface area contributed by atoms with Gasteiger partial charge < -0.3 is 9.72 Å². The van der Waals surface area contributed by atoms with Crippen molar-refractivity contribution in [1.29, 1.82) is 0 Å². The molecule has 1 N–H and O–H groups in total. The lowest BCUT2D eigenvalue weighted by Gasteiger charge is -2.10. The summed E-state index contributed by atoms with van der Waals surface area (Å²) in [5.41, 5.74) is 3.13. The van der Waals surface area contributed by atoms with Crippen LogP contribution < -0.4 is 0 Å². The Hall–Kier alpha value is -2.57. The van der Waals surface area contributed by atoms with Gasteiger partial charge in [-0.15, -0.1) is 0 Å². The molecule has 8 heteroatoms. The second-order valence-corrected chi connectivity index (χ2v) is 6.74. The molecule has 0 fully saturated rings. The van der Waals surface area contributed by atoms with Crippen LogP contribution in [0.4, 0.5) is 0 Å². The van der Waals surface area contributed by atoms with Gasteiger partial charge in [-0.05, 0) is 50.1 Å². The number of esters is 1. The molecule has 0 aliphatic heterocycles. The Morgan fingerprint density at radius 1 is 1.19 bits per heavy atom. The van der Waals surface area contributed by atoms with Crippen molar-refractivity contribution in [1.82, 2.24) is 14.5 Å². The number of para-hydroxylation sites is 1. The van der Waals surface area contributed by atoms with E-state index in [1.807, 2.05) is 30.3 Å². The average molecular weight is 406 g/mol. The third-order valence-corrected chi connectivity index (χ3v) is 4.79. The molecule has 27 heavy (non-hydrogen) atoms. The molecule has 2 heterocycles. The van der Waals surface area contributed by atoms with Gasteiger partial charge in [-0.25, -0.2) is 9.78 Å². The van der Waals surface area contributed by atoms with Crippen LogP contribution in [0.1, 0.15) is 44.7 Å². The Kier molecular flexibility index (Phi) is 5.39. The van der Waals surface area contributed by atoms with E-state index >= 15 is 0 Å². The maximum atomic E-state index is 12.5. The third kappa shape index (κ3) is 3.63. The van der Waals surface area contributed by atoms with Crippen molar-refractivity contribution in [2.75, 3.05) is 0 Å². The number of hydrogen-bond donors (Lipinski definition) is 1. The highest BCUT2D eigenvalue weighted by Gasteiger charge is 2.23. The van der Waals surface area contributed by atoms with Crippen molar-refractivity contribution in [2.24, 2.45) is 0 Å². The summed E-state index contributed by atoms with van der Waals surface area (Å²) < 4.78 is 7.03. The van der Waals surface area contributed by atoms with E-state index in [1.165, 1.54) is 6.92 Å². The van der Waals surface area contributed by atoms with Crippen molar-refractivity contribution in [2.45, 2.75) is 27.4 Å². The fraction of sp³-hybridized carbons (Fsp3) is 0.211. The number of aromatic nitrogens is 3. The zero-order chi connectivity index (χ0) is 19.7. The largest absolute Gasteiger partial charge is 0.454 e. The van der Waals surface area contributed by atoms with E-state index in [2.05, 4.69) is 9.97 Å². The van der Waals surface area contributed by atoms with Crippen LogP contribution >= 0.6 is 23.2 Å². The molecule has 0 amide bonds. The van der Waals surface area contributed by atoms with Gasteiger partial charge in [0.15, 0.2) is 10.9 Å². The minimum atomic E-state index is -0.587. The maximum Gasteiger partial charge on any atom is 0.355 e. The van der Waals surface area contributed by atoms with E-state index < -0.39 is 5.97 Å². The zero-order valence-electron chi connectivity index (χ0n) is 15.0. The first kappa shape index (κ1) is 19.2. The van der Waals surface area contributed by atoms with E-state index in [1.54, 1.807) is 18.4 Å². The summed E-state index contributed by atoms with van der Waals surface area (Å²) in [6, 6.07) is 9.26. The number of Topliss-reactive ketones (excluding diaryl/α,β-unsaturated/α-hetero) is 1. The molecule has 0 unspecified atom stereocenters. The van der Waals surface area contributed by atoms with Crippen LogP contribution in [0.3, 0.4) is 0 Å². The number of halogens is 2. The summed E-state index contributed by atoms with van der Waals surface area (Å²) in [7, 11) is 0. The van der Waals surface area contributed by atoms with Gasteiger partial charge in [-0.3, -0.25) is 9.36 Å². The molecule has 0 aliphatic rings. The zero-order valence-corrected chi connectivity index (χ0v) is 16.5. The Balaban J connectivity index is 1.87. The molecule has 0 saturated carbocycles. The molecule has 3 rings (SSSR count). The number of H-pyrrole nitrogens is 1. The smallest absolute Gasteiger partial charge is 0.355 e. The lowest BCUT2D eigenvalue weighted by atomic mass is 10.1. The van der Waals surface area contributed by atoms with Crippen LogP contribution in [0.15, 0.2) is 30.3 Å². The van der Waals surface area contributed by atoms with Gasteiger partial charge in [0.05, 0.1) is 0 Å². The van der Waals surface area contributed by atoms with Crippen molar-refractivity contribution in [3.8, 4) is 5.69 Å². The van der Waals surface area contributed by atoms with Crippen LogP contribution in [-0.2, 0) is 11.3 Å². The predicted molar refractivity (Wildman–Crippen MR) is 103 cm³/mol. The highest BCUT2D eigenvalue weighted by Crippen LogP contribution is 2.27. The first-order valence-corrected chi connectivity index (χ1v) is 8.92. The van der Waals surface area contributed by atoms with E-state index in [4.69, 9.17) is 27.9 Å². The molecule has 6 nitrogen and oxygen atoms in total. The molecule has 0 radical (unpaired) electrons. The quantitative estimate of drug-likeness (QED) is 0.493. The van der Waals surface area contributed by atoms with Crippen molar-refractivity contribution >= 4 is 35.0 Å². The van der Waals surface area contributed by atoms with E-state index in [0.717, 1.165) is 5.69 Å². The number of ketones is 1. The van der Waals surface area contributed by atoms with Gasteiger partial charge in [-0.1, -0.05) is 29.8 Å². The lowest BCUT2D eigenvalue weighted by Crippen LogP contribution is -2.10. The Labute approximate surface area is 166 Å². The van der Waals surface area contributed by atoms with E-state index in [9.17, 15) is 9.59 Å². The number of ether oxygens (including phenoxy) is 1. The molecule has 0 aliphatic carbocycles. The number of benzene rings is 1. The number of nitrogens with one attached hydrogen (secondary N) is 1. The van der Waals surface area contributed by atoms with Crippen molar-refractivity contribution < 1.29 is 14.3 Å². The fourth-order valence-electron chi connectivity index (χ4n) is 3.05. The number of hydrogen-bond acceptors (Lipinski definition) is 4. The normalized spacial score (nSPS) is 10.9. The number of aromatic amines is 1. The van der Waals surface area contributed by atoms with Gasteiger partial charge in [0.1, 0.15) is 18.0 Å². The number of carbonyl (C=O) groups excluding carboxylic acids is 2. The summed E-state index contributed by atoms with van der Waals surface area (Å²) in [5.74, 6) is -0.701. The van der Waals surface area contributed by atoms with Crippen LogP contribution in [0.5, 0.6) is 0 Å². The maximum absolute atomic E-state index is 12.5. The van der Waals surface area contributed by atoms with E-state index in [-0.39, 0.29) is 28.5 Å². The molecule has 140 valence electrons. The monoisotopic (exact) mass is 405 g/mol. The number of imidazole rings is 1. The summed E-state index contributed by atoms with van der Waals surface area (Å²) in [6.07, 6.45) is 0. The first-order chi connectivity index (χ1) is 12.8. The SMILES string of the molecule is CC(=O)c1c(C)[nH]c(C(=O)OCc2c(Cl)nc(Cl)n2-c2ccccc2)c1C. The van der Waals surface area contributed by atoms with Gasteiger partial charge in [0, 0.05) is 16.9 Å². The average Bonchev–Trinajstić information content (AvgIpc) is 3.08. The summed E-state index contributed by atoms with van der Waals surface area (Å²) in [4.78, 5) is 31.2. The second kappa shape index (κ2) is 7.58. The van der Waals surface area contributed by atoms with Crippen molar-refractivity contribution in [3.05, 3.63) is 69.0 Å². The fourth-order valence-corrected chi connectivity index (χ4v) is 3.60. The molecule has 2 aromatic heterocycles. The van der Waals surface area contributed by atoms with Crippen LogP contribution in [0.2, 0.25) is 10.4 Å². The molecule has 1 aromatic carbocycles. The van der Waals surface area contributed by atoms with Gasteiger partial charge in [0.25, 0.3) is 0 Å². The minimum Gasteiger partial charge on any atom is -0.454 e.